The van der Waals surface area contributed by atoms with Crippen LogP contribution in [0, 0.1) is 5.92 Å². The van der Waals surface area contributed by atoms with Crippen molar-refractivity contribution < 1.29 is 23.8 Å². The molecule has 9 nitrogen and oxygen atoms in total. The quantitative estimate of drug-likeness (QED) is 0.826. The van der Waals surface area contributed by atoms with E-state index in [2.05, 4.69) is 10.6 Å². The zero-order valence-corrected chi connectivity index (χ0v) is 16.4. The Kier molecular flexibility index (Phi) is 4.95. The molecule has 0 radical (unpaired) electrons. The van der Waals surface area contributed by atoms with Gasteiger partial charge in [-0.15, -0.1) is 0 Å². The fraction of sp³-hybridized carbons (Fsp3) is 0.556. The predicted octanol–water partition coefficient (Wildman–Crippen LogP) is 1.39. The number of ether oxygens (including phenoxy) is 3. The molecule has 0 bridgehead atoms. The summed E-state index contributed by atoms with van der Waals surface area (Å²) in [5.74, 6) is 1.44. The van der Waals surface area contributed by atoms with Gasteiger partial charge < -0.3 is 34.6 Å². The van der Waals surface area contributed by atoms with E-state index in [0.29, 0.717) is 17.2 Å². The molecule has 0 spiro atoms. The Balaban J connectivity index is 2.12. The number of amides is 4. The highest BCUT2D eigenvalue weighted by molar-refractivity contribution is 5.80. The Bertz CT molecular complexity index is 730. The summed E-state index contributed by atoms with van der Waals surface area (Å²) in [6.07, 6.45) is -0.415. The first-order valence-electron chi connectivity index (χ1n) is 8.70. The van der Waals surface area contributed by atoms with Crippen molar-refractivity contribution in [3.05, 3.63) is 17.7 Å². The highest BCUT2D eigenvalue weighted by Gasteiger charge is 2.49. The molecule has 3 rings (SSSR count). The lowest BCUT2D eigenvalue weighted by Gasteiger charge is -2.52. The van der Waals surface area contributed by atoms with Crippen molar-refractivity contribution in [2.75, 3.05) is 35.4 Å². The molecule has 2 heterocycles. The summed E-state index contributed by atoms with van der Waals surface area (Å²) in [6, 6.07) is 2.80. The summed E-state index contributed by atoms with van der Waals surface area (Å²) in [5.41, 5.74) is 0.841. The van der Waals surface area contributed by atoms with Gasteiger partial charge in [0.1, 0.15) is 6.17 Å². The van der Waals surface area contributed by atoms with E-state index < -0.39 is 6.17 Å². The summed E-state index contributed by atoms with van der Waals surface area (Å²) in [5, 5.41) is 5.89. The number of carbonyl (C=O) groups excluding carboxylic acids is 2. The van der Waals surface area contributed by atoms with E-state index in [9.17, 15) is 9.59 Å². The Hall–Kier alpha value is -2.84. The number of nitrogens with zero attached hydrogens (tertiary/aromatic N) is 2. The number of hydrogen-bond acceptors (Lipinski definition) is 5. The van der Waals surface area contributed by atoms with Crippen LogP contribution in [-0.4, -0.2) is 69.5 Å². The van der Waals surface area contributed by atoms with E-state index in [1.807, 2.05) is 19.1 Å². The molecule has 2 aliphatic rings. The Morgan fingerprint density at radius 2 is 1.44 bits per heavy atom. The van der Waals surface area contributed by atoms with Crippen molar-refractivity contribution in [3.8, 4) is 17.2 Å². The van der Waals surface area contributed by atoms with Crippen molar-refractivity contribution in [2.45, 2.75) is 25.2 Å². The monoisotopic (exact) mass is 378 g/mol. The molecule has 0 saturated carbocycles. The summed E-state index contributed by atoms with van der Waals surface area (Å²) in [6.45, 7) is 1.94. The first kappa shape index (κ1) is 18.9. The van der Waals surface area contributed by atoms with E-state index in [0.717, 1.165) is 5.56 Å². The molecular weight excluding hydrogens is 352 g/mol. The van der Waals surface area contributed by atoms with Crippen molar-refractivity contribution in [3.63, 3.8) is 0 Å². The largest absolute Gasteiger partial charge is 0.493 e. The predicted molar refractivity (Wildman–Crippen MR) is 98.2 cm³/mol. The maximum absolute atomic E-state index is 12.6. The van der Waals surface area contributed by atoms with Gasteiger partial charge in [0, 0.05) is 26.1 Å². The van der Waals surface area contributed by atoms with Crippen LogP contribution in [0.15, 0.2) is 12.1 Å². The van der Waals surface area contributed by atoms with Gasteiger partial charge in [-0.3, -0.25) is 0 Å². The lowest BCUT2D eigenvalue weighted by atomic mass is 9.81. The molecule has 1 aromatic rings. The maximum Gasteiger partial charge on any atom is 0.319 e. The SMILES string of the molecule is COc1cc([C@@H]2[C@H]3[C@H](C)NC(=O)N(C)[C@@H]3NC(=O)N2C)cc(OC)c1OC. The molecule has 0 aromatic heterocycles. The van der Waals surface area contributed by atoms with Crippen LogP contribution in [0.25, 0.3) is 0 Å². The van der Waals surface area contributed by atoms with Crippen LogP contribution in [0.3, 0.4) is 0 Å². The number of rotatable bonds is 4. The fourth-order valence-corrected chi connectivity index (χ4v) is 4.02. The average Bonchev–Trinajstić information content (AvgIpc) is 2.66. The van der Waals surface area contributed by atoms with Crippen molar-refractivity contribution in [1.29, 1.82) is 0 Å². The smallest absolute Gasteiger partial charge is 0.319 e. The van der Waals surface area contributed by atoms with Gasteiger partial charge in [-0.05, 0) is 24.6 Å². The fourth-order valence-electron chi connectivity index (χ4n) is 4.02. The van der Waals surface area contributed by atoms with Crippen LogP contribution in [0.5, 0.6) is 17.2 Å². The van der Waals surface area contributed by atoms with Crippen LogP contribution < -0.4 is 24.8 Å². The highest BCUT2D eigenvalue weighted by Crippen LogP contribution is 2.45. The van der Waals surface area contributed by atoms with Gasteiger partial charge in [0.15, 0.2) is 11.5 Å². The molecule has 4 atom stereocenters. The molecule has 0 unspecified atom stereocenters. The molecular formula is C18H26N4O5. The topological polar surface area (TPSA) is 92.4 Å². The lowest BCUT2D eigenvalue weighted by Crippen LogP contribution is -2.71. The van der Waals surface area contributed by atoms with Crippen LogP contribution in [-0.2, 0) is 0 Å². The Morgan fingerprint density at radius 1 is 0.889 bits per heavy atom. The van der Waals surface area contributed by atoms with Gasteiger partial charge >= 0.3 is 12.1 Å². The average molecular weight is 378 g/mol. The lowest BCUT2D eigenvalue weighted by molar-refractivity contribution is 0.0247. The van der Waals surface area contributed by atoms with E-state index in [-0.39, 0.29) is 30.1 Å². The summed E-state index contributed by atoms with van der Waals surface area (Å²) in [7, 11) is 8.07. The van der Waals surface area contributed by atoms with Crippen molar-refractivity contribution in [1.82, 2.24) is 20.4 Å². The van der Waals surface area contributed by atoms with Crippen LogP contribution in [0.4, 0.5) is 9.59 Å². The first-order valence-corrected chi connectivity index (χ1v) is 8.70. The molecule has 27 heavy (non-hydrogen) atoms. The minimum atomic E-state index is -0.415. The second-order valence-corrected chi connectivity index (χ2v) is 6.84. The Labute approximate surface area is 158 Å². The second kappa shape index (κ2) is 7.05. The van der Waals surface area contributed by atoms with Crippen LogP contribution in [0.1, 0.15) is 18.5 Å². The van der Waals surface area contributed by atoms with Gasteiger partial charge in [0.2, 0.25) is 5.75 Å². The van der Waals surface area contributed by atoms with Crippen molar-refractivity contribution >= 4 is 12.1 Å². The van der Waals surface area contributed by atoms with E-state index >= 15 is 0 Å². The van der Waals surface area contributed by atoms with Gasteiger partial charge in [0.25, 0.3) is 0 Å². The minimum Gasteiger partial charge on any atom is -0.493 e. The molecule has 1 aromatic carbocycles. The molecule has 9 heteroatoms. The third-order valence-corrected chi connectivity index (χ3v) is 5.43. The number of carbonyl (C=O) groups is 2. The Morgan fingerprint density at radius 3 is 1.96 bits per heavy atom. The van der Waals surface area contributed by atoms with Gasteiger partial charge in [-0.1, -0.05) is 0 Å². The minimum absolute atomic E-state index is 0.0850. The van der Waals surface area contributed by atoms with Crippen molar-refractivity contribution in [2.24, 2.45) is 5.92 Å². The zero-order valence-electron chi connectivity index (χ0n) is 16.4. The van der Waals surface area contributed by atoms with E-state index in [4.69, 9.17) is 14.2 Å². The first-order chi connectivity index (χ1) is 12.8. The summed E-state index contributed by atoms with van der Waals surface area (Å²) < 4.78 is 16.3. The van der Waals surface area contributed by atoms with E-state index in [1.54, 1.807) is 40.3 Å². The number of hydrogen-bond donors (Lipinski definition) is 2. The third-order valence-electron chi connectivity index (χ3n) is 5.43. The molecule has 2 fully saturated rings. The van der Waals surface area contributed by atoms with Gasteiger partial charge in [-0.25, -0.2) is 9.59 Å². The highest BCUT2D eigenvalue weighted by atomic mass is 16.5. The molecule has 2 saturated heterocycles. The number of urea groups is 2. The zero-order chi connectivity index (χ0) is 19.9. The standard InChI is InChI=1S/C18H26N4O5/c1-9-13-14(10-7-11(25-4)15(27-6)12(8-10)26-5)21(2)18(24)20-16(13)22(3)17(23)19-9/h7-9,13-14,16H,1-6H3,(H,19,23)(H,20,24)/t9-,13+,14+,16-/m0/s1. The van der Waals surface area contributed by atoms with Gasteiger partial charge in [-0.2, -0.15) is 0 Å². The number of fused-ring (bicyclic) bond motifs is 1. The molecule has 4 amide bonds. The van der Waals surface area contributed by atoms with E-state index in [1.165, 1.54) is 4.90 Å². The van der Waals surface area contributed by atoms with Gasteiger partial charge in [0.05, 0.1) is 27.4 Å². The molecule has 148 valence electrons. The third kappa shape index (κ3) is 2.96. The van der Waals surface area contributed by atoms with Crippen LogP contribution >= 0.6 is 0 Å². The number of nitrogens with one attached hydrogen (secondary N) is 2. The summed E-state index contributed by atoms with van der Waals surface area (Å²) >= 11 is 0. The number of methoxy groups -OCH3 is 3. The molecule has 2 N–H and O–H groups in total. The van der Waals surface area contributed by atoms with Crippen LogP contribution in [0.2, 0.25) is 0 Å². The second-order valence-electron chi connectivity index (χ2n) is 6.84. The summed E-state index contributed by atoms with van der Waals surface area (Å²) in [4.78, 5) is 27.9. The normalized spacial score (nSPS) is 27.5. The number of benzene rings is 1. The molecule has 2 aliphatic heterocycles. The molecule has 0 aliphatic carbocycles. The maximum atomic E-state index is 12.6.